The van der Waals surface area contributed by atoms with Gasteiger partial charge in [0.05, 0.1) is 0 Å². The lowest BCUT2D eigenvalue weighted by atomic mass is 10.1. The number of carbonyl (C=O) groups is 1. The van der Waals surface area contributed by atoms with Gasteiger partial charge in [-0.15, -0.1) is 0 Å². The van der Waals surface area contributed by atoms with Crippen molar-refractivity contribution in [2.45, 2.75) is 57.0 Å². The number of aryl methyl sites for hydroxylation is 2. The molecule has 1 aliphatic carbocycles. The Kier molecular flexibility index (Phi) is 5.05. The molecule has 1 aromatic heterocycles. The number of hydrogen-bond donors (Lipinski definition) is 0. The highest BCUT2D eigenvalue weighted by Gasteiger charge is 2.36. The normalized spacial score (nSPS) is 17.8. The molecule has 2 fully saturated rings. The molecular formula is C21H26N2O4S. The van der Waals surface area contributed by atoms with Crippen LogP contribution < -0.4 is 0 Å². The number of amides is 1. The van der Waals surface area contributed by atoms with E-state index in [2.05, 4.69) is 0 Å². The zero-order chi connectivity index (χ0) is 19.9. The second kappa shape index (κ2) is 7.37. The Morgan fingerprint density at radius 3 is 2.39 bits per heavy atom. The van der Waals surface area contributed by atoms with Crippen LogP contribution in [0.4, 0.5) is 0 Å². The largest absolute Gasteiger partial charge is 0.455 e. The molecule has 7 heteroatoms. The summed E-state index contributed by atoms with van der Waals surface area (Å²) in [5.41, 5.74) is 2.23. The van der Waals surface area contributed by atoms with E-state index in [4.69, 9.17) is 4.42 Å². The molecule has 0 unspecified atom stereocenters. The average molecular weight is 403 g/mol. The minimum atomic E-state index is -3.61. The van der Waals surface area contributed by atoms with Gasteiger partial charge in [-0.1, -0.05) is 29.8 Å². The molecule has 0 bridgehead atoms. The summed E-state index contributed by atoms with van der Waals surface area (Å²) in [6.07, 6.45) is 3.67. The number of hydrogen-bond acceptors (Lipinski definition) is 4. The third-order valence-corrected chi connectivity index (χ3v) is 7.49. The summed E-state index contributed by atoms with van der Waals surface area (Å²) >= 11 is 0. The Hall–Kier alpha value is -2.12. The SMILES string of the molecule is Cc1ccc(CN(C(=O)c2cc(S(=O)(=O)N3CCCC3)c(C)o2)C2CC2)cc1. The van der Waals surface area contributed by atoms with Gasteiger partial charge in [0.1, 0.15) is 10.7 Å². The number of sulfonamides is 1. The first kappa shape index (κ1) is 19.2. The number of benzene rings is 1. The van der Waals surface area contributed by atoms with E-state index < -0.39 is 10.0 Å². The Bertz CT molecular complexity index is 968. The quantitative estimate of drug-likeness (QED) is 0.742. The molecule has 0 atom stereocenters. The smallest absolute Gasteiger partial charge is 0.290 e. The molecule has 0 spiro atoms. The number of furan rings is 1. The molecule has 0 radical (unpaired) electrons. The summed E-state index contributed by atoms with van der Waals surface area (Å²) in [6.45, 7) is 5.19. The summed E-state index contributed by atoms with van der Waals surface area (Å²) in [7, 11) is -3.61. The molecule has 6 nitrogen and oxygen atoms in total. The maximum absolute atomic E-state index is 13.1. The van der Waals surface area contributed by atoms with Crippen molar-refractivity contribution in [2.24, 2.45) is 0 Å². The molecule has 0 N–H and O–H groups in total. The summed E-state index contributed by atoms with van der Waals surface area (Å²) in [6, 6.07) is 9.71. The molecule has 1 saturated heterocycles. The molecule has 2 heterocycles. The third-order valence-electron chi connectivity index (χ3n) is 5.49. The molecule has 1 amide bonds. The van der Waals surface area contributed by atoms with E-state index in [1.807, 2.05) is 31.2 Å². The van der Waals surface area contributed by atoms with Crippen molar-refractivity contribution in [1.29, 1.82) is 0 Å². The summed E-state index contributed by atoms with van der Waals surface area (Å²) in [5.74, 6) is 0.143. The predicted molar refractivity (Wildman–Crippen MR) is 106 cm³/mol. The van der Waals surface area contributed by atoms with Crippen LogP contribution in [0.25, 0.3) is 0 Å². The summed E-state index contributed by atoms with van der Waals surface area (Å²) < 4.78 is 32.9. The maximum atomic E-state index is 13.1. The van der Waals surface area contributed by atoms with Gasteiger partial charge in [-0.05, 0) is 45.1 Å². The van der Waals surface area contributed by atoms with E-state index in [-0.39, 0.29) is 28.4 Å². The summed E-state index contributed by atoms with van der Waals surface area (Å²) in [5, 5.41) is 0. The van der Waals surface area contributed by atoms with E-state index in [0.29, 0.717) is 19.6 Å². The lowest BCUT2D eigenvalue weighted by molar-refractivity contribution is 0.0696. The molecule has 1 saturated carbocycles. The van der Waals surface area contributed by atoms with E-state index in [1.54, 1.807) is 11.8 Å². The zero-order valence-corrected chi connectivity index (χ0v) is 17.2. The fourth-order valence-electron chi connectivity index (χ4n) is 3.68. The first-order valence-corrected chi connectivity index (χ1v) is 11.3. The molecule has 28 heavy (non-hydrogen) atoms. The second-order valence-corrected chi connectivity index (χ2v) is 9.70. The van der Waals surface area contributed by atoms with Crippen LogP contribution in [0.5, 0.6) is 0 Å². The first-order valence-electron chi connectivity index (χ1n) is 9.83. The van der Waals surface area contributed by atoms with Crippen molar-refractivity contribution in [3.63, 3.8) is 0 Å². The van der Waals surface area contributed by atoms with Gasteiger partial charge in [-0.25, -0.2) is 8.42 Å². The lowest BCUT2D eigenvalue weighted by Crippen LogP contribution is -2.32. The average Bonchev–Trinajstić information content (AvgIpc) is 3.17. The van der Waals surface area contributed by atoms with E-state index in [1.165, 1.54) is 15.9 Å². The van der Waals surface area contributed by atoms with Crippen molar-refractivity contribution < 1.29 is 17.6 Å². The molecule has 4 rings (SSSR count). The number of carbonyl (C=O) groups excluding carboxylic acids is 1. The Balaban J connectivity index is 1.59. The molecule has 2 aliphatic rings. The van der Waals surface area contributed by atoms with Crippen LogP contribution in [0.15, 0.2) is 39.6 Å². The zero-order valence-electron chi connectivity index (χ0n) is 16.3. The van der Waals surface area contributed by atoms with Crippen LogP contribution in [-0.4, -0.2) is 42.7 Å². The molecule has 1 aliphatic heterocycles. The maximum Gasteiger partial charge on any atom is 0.290 e. The van der Waals surface area contributed by atoms with Crippen LogP contribution in [0, 0.1) is 13.8 Å². The van der Waals surface area contributed by atoms with Gasteiger partial charge in [0.2, 0.25) is 10.0 Å². The van der Waals surface area contributed by atoms with Gasteiger partial charge >= 0.3 is 0 Å². The van der Waals surface area contributed by atoms with E-state index >= 15 is 0 Å². The molecule has 1 aromatic carbocycles. The lowest BCUT2D eigenvalue weighted by Gasteiger charge is -2.21. The van der Waals surface area contributed by atoms with Crippen molar-refractivity contribution in [1.82, 2.24) is 9.21 Å². The van der Waals surface area contributed by atoms with E-state index in [9.17, 15) is 13.2 Å². The van der Waals surface area contributed by atoms with E-state index in [0.717, 1.165) is 31.2 Å². The van der Waals surface area contributed by atoms with Crippen LogP contribution >= 0.6 is 0 Å². The third kappa shape index (κ3) is 3.73. The van der Waals surface area contributed by atoms with Crippen molar-refractivity contribution in [3.05, 3.63) is 53.0 Å². The van der Waals surface area contributed by atoms with Gasteiger partial charge in [0, 0.05) is 31.7 Å². The topological polar surface area (TPSA) is 70.8 Å². The standard InChI is InChI=1S/C21H26N2O4S/c1-15-5-7-17(8-6-15)14-23(18-9-10-18)21(24)19-13-20(16(2)27-19)28(25,26)22-11-3-4-12-22/h5-8,13,18H,3-4,9-12,14H2,1-2H3. The van der Waals surface area contributed by atoms with Crippen molar-refractivity contribution >= 4 is 15.9 Å². The molecule has 2 aromatic rings. The minimum Gasteiger partial charge on any atom is -0.455 e. The summed E-state index contributed by atoms with van der Waals surface area (Å²) in [4.78, 5) is 15.1. The van der Waals surface area contributed by atoms with Gasteiger partial charge in [0.15, 0.2) is 5.76 Å². The second-order valence-electron chi connectivity index (χ2n) is 7.79. The number of nitrogens with zero attached hydrogens (tertiary/aromatic N) is 2. The minimum absolute atomic E-state index is 0.106. The molecular weight excluding hydrogens is 376 g/mol. The van der Waals surface area contributed by atoms with Gasteiger partial charge in [0.25, 0.3) is 5.91 Å². The Morgan fingerprint density at radius 1 is 1.14 bits per heavy atom. The first-order chi connectivity index (χ1) is 13.4. The van der Waals surface area contributed by atoms with Gasteiger partial charge in [-0.3, -0.25) is 4.79 Å². The highest BCUT2D eigenvalue weighted by molar-refractivity contribution is 7.89. The highest BCUT2D eigenvalue weighted by atomic mass is 32.2. The fraction of sp³-hybridized carbons (Fsp3) is 0.476. The number of rotatable bonds is 6. The monoisotopic (exact) mass is 402 g/mol. The van der Waals surface area contributed by atoms with Crippen molar-refractivity contribution in [2.75, 3.05) is 13.1 Å². The van der Waals surface area contributed by atoms with Gasteiger partial charge in [-0.2, -0.15) is 4.31 Å². The van der Waals surface area contributed by atoms with Crippen LogP contribution in [0.2, 0.25) is 0 Å². The van der Waals surface area contributed by atoms with Crippen LogP contribution in [0.1, 0.15) is 53.1 Å². The van der Waals surface area contributed by atoms with Crippen molar-refractivity contribution in [3.8, 4) is 0 Å². The fourth-order valence-corrected chi connectivity index (χ4v) is 5.36. The van der Waals surface area contributed by atoms with Crippen LogP contribution in [0.3, 0.4) is 0 Å². The van der Waals surface area contributed by atoms with Gasteiger partial charge < -0.3 is 9.32 Å². The molecule has 150 valence electrons. The Morgan fingerprint density at radius 2 is 1.79 bits per heavy atom. The highest BCUT2D eigenvalue weighted by Crippen LogP contribution is 2.32. The van der Waals surface area contributed by atoms with Crippen LogP contribution in [-0.2, 0) is 16.6 Å². The predicted octanol–water partition coefficient (Wildman–Crippen LogP) is 3.49. The Labute approximate surface area is 166 Å².